The van der Waals surface area contributed by atoms with Crippen LogP contribution < -0.4 is 0 Å². The van der Waals surface area contributed by atoms with Crippen LogP contribution in [0.4, 0.5) is 0 Å². The molecule has 0 unspecified atom stereocenters. The minimum absolute atomic E-state index is 0.146. The molecule has 0 aliphatic rings. The van der Waals surface area contributed by atoms with Gasteiger partial charge in [0.15, 0.2) is 0 Å². The van der Waals surface area contributed by atoms with Crippen LogP contribution in [-0.2, 0) is 0 Å². The number of carboxylic acids is 3. The molecule has 0 heterocycles. The van der Waals surface area contributed by atoms with Gasteiger partial charge in [-0.25, -0.2) is 14.4 Å². The van der Waals surface area contributed by atoms with Gasteiger partial charge in [0, 0.05) is 18.2 Å². The summed E-state index contributed by atoms with van der Waals surface area (Å²) in [5, 5.41) is 51.9. The van der Waals surface area contributed by atoms with Gasteiger partial charge in [-0.1, -0.05) is 0 Å². The van der Waals surface area contributed by atoms with Crippen molar-refractivity contribution in [3.8, 4) is 17.2 Å². The fraction of sp³-hybridized carbons (Fsp3) is 0. The number of carbonyl (C=O) groups is 3. The summed E-state index contributed by atoms with van der Waals surface area (Å²) < 4.78 is 0. The van der Waals surface area contributed by atoms with Gasteiger partial charge >= 0.3 is 17.9 Å². The largest absolute Gasteiger partial charge is 0.508 e. The number of rotatable bonds is 3. The smallest absolute Gasteiger partial charge is 0.335 e. The Morgan fingerprint density at radius 1 is 0.500 bits per heavy atom. The van der Waals surface area contributed by atoms with Crippen LogP contribution in [-0.4, -0.2) is 48.5 Å². The van der Waals surface area contributed by atoms with E-state index >= 15 is 0 Å². The van der Waals surface area contributed by atoms with Crippen LogP contribution in [0, 0.1) is 0 Å². The number of phenols is 3. The first-order valence-electron chi connectivity index (χ1n) is 6.17. The number of benzene rings is 2. The van der Waals surface area contributed by atoms with E-state index in [0.29, 0.717) is 0 Å². The van der Waals surface area contributed by atoms with E-state index in [-0.39, 0.29) is 33.9 Å². The maximum absolute atomic E-state index is 10.6. The first kappa shape index (κ1) is 18.3. The lowest BCUT2D eigenvalue weighted by atomic mass is 10.1. The molecule has 0 fully saturated rings. The highest BCUT2D eigenvalue weighted by Crippen LogP contribution is 2.23. The van der Waals surface area contributed by atoms with E-state index < -0.39 is 17.9 Å². The summed E-state index contributed by atoms with van der Waals surface area (Å²) in [5.41, 5.74) is -1.10. The molecule has 0 aliphatic heterocycles. The molecule has 2 aromatic rings. The number of aromatic carboxylic acids is 3. The molecular formula is C15H12O9. The minimum Gasteiger partial charge on any atom is -0.508 e. The van der Waals surface area contributed by atoms with E-state index in [0.717, 1.165) is 36.4 Å². The van der Waals surface area contributed by atoms with Gasteiger partial charge in [-0.2, -0.15) is 0 Å². The molecule has 0 aliphatic carbocycles. The van der Waals surface area contributed by atoms with Gasteiger partial charge in [0.25, 0.3) is 0 Å². The van der Waals surface area contributed by atoms with Crippen LogP contribution in [0.1, 0.15) is 31.1 Å². The molecule has 0 radical (unpaired) electrons. The van der Waals surface area contributed by atoms with E-state index in [1.54, 1.807) is 0 Å². The number of carboxylic acid groups (broad SMARTS) is 3. The second kappa shape index (κ2) is 7.49. The van der Waals surface area contributed by atoms with E-state index in [1.165, 1.54) is 0 Å². The van der Waals surface area contributed by atoms with Crippen molar-refractivity contribution >= 4 is 17.9 Å². The highest BCUT2D eigenvalue weighted by atomic mass is 16.4. The maximum atomic E-state index is 10.6. The number of aromatic hydroxyl groups is 3. The molecule has 0 saturated carbocycles. The summed E-state index contributed by atoms with van der Waals surface area (Å²) in [5.74, 6) is -4.56. The van der Waals surface area contributed by atoms with E-state index in [4.69, 9.17) is 30.6 Å². The third kappa shape index (κ3) is 5.22. The van der Waals surface area contributed by atoms with E-state index in [2.05, 4.69) is 0 Å². The number of phenolic OH excluding ortho intramolecular Hbond substituents is 3. The lowest BCUT2D eigenvalue weighted by Gasteiger charge is -2.00. The molecule has 0 atom stereocenters. The highest BCUT2D eigenvalue weighted by Gasteiger charge is 2.14. The monoisotopic (exact) mass is 336 g/mol. The quantitative estimate of drug-likeness (QED) is 0.486. The Balaban J connectivity index is 0.000000272. The SMILES string of the molecule is O=C(O)c1cc(C(=O)O)cc(C(=O)O)c1.Oc1cc(O)cc(O)c1. The average Bonchev–Trinajstić information content (AvgIpc) is 2.45. The molecule has 2 rings (SSSR count). The molecule has 9 nitrogen and oxygen atoms in total. The normalized spacial score (nSPS) is 9.50. The van der Waals surface area contributed by atoms with Crippen molar-refractivity contribution in [3.63, 3.8) is 0 Å². The van der Waals surface area contributed by atoms with Crippen LogP contribution in [0.25, 0.3) is 0 Å². The summed E-state index contributed by atoms with van der Waals surface area (Å²) in [6.07, 6.45) is 0. The van der Waals surface area contributed by atoms with Crippen LogP contribution in [0.15, 0.2) is 36.4 Å². The van der Waals surface area contributed by atoms with Gasteiger partial charge in [-0.05, 0) is 18.2 Å². The van der Waals surface area contributed by atoms with Gasteiger partial charge in [-0.15, -0.1) is 0 Å². The lowest BCUT2D eigenvalue weighted by molar-refractivity contribution is 0.0696. The van der Waals surface area contributed by atoms with E-state index in [9.17, 15) is 14.4 Å². The lowest BCUT2D eigenvalue weighted by Crippen LogP contribution is -2.07. The Hall–Kier alpha value is -3.75. The Kier molecular flexibility index (Phi) is 5.71. The minimum atomic E-state index is -1.37. The molecule has 24 heavy (non-hydrogen) atoms. The van der Waals surface area contributed by atoms with Crippen LogP contribution in [0.5, 0.6) is 17.2 Å². The van der Waals surface area contributed by atoms with Crippen molar-refractivity contribution in [1.82, 2.24) is 0 Å². The molecular weight excluding hydrogens is 324 g/mol. The first-order chi connectivity index (χ1) is 11.1. The zero-order chi connectivity index (χ0) is 18.4. The summed E-state index contributed by atoms with van der Waals surface area (Å²) in [6, 6.07) is 6.12. The Morgan fingerprint density at radius 3 is 0.875 bits per heavy atom. The fourth-order valence-corrected chi connectivity index (χ4v) is 1.58. The molecule has 6 N–H and O–H groups in total. The van der Waals surface area contributed by atoms with Gasteiger partial charge in [0.1, 0.15) is 17.2 Å². The molecule has 0 aromatic heterocycles. The zero-order valence-corrected chi connectivity index (χ0v) is 11.9. The molecule has 0 bridgehead atoms. The van der Waals surface area contributed by atoms with Crippen molar-refractivity contribution in [1.29, 1.82) is 0 Å². The first-order valence-corrected chi connectivity index (χ1v) is 6.17. The van der Waals surface area contributed by atoms with Crippen molar-refractivity contribution < 1.29 is 45.0 Å². The summed E-state index contributed by atoms with van der Waals surface area (Å²) in [6.45, 7) is 0. The predicted molar refractivity (Wildman–Crippen MR) is 78.8 cm³/mol. The second-order valence-corrected chi connectivity index (χ2v) is 4.42. The zero-order valence-electron chi connectivity index (χ0n) is 11.9. The highest BCUT2D eigenvalue weighted by molar-refractivity contribution is 5.98. The average molecular weight is 336 g/mol. The van der Waals surface area contributed by atoms with Gasteiger partial charge in [0.05, 0.1) is 16.7 Å². The van der Waals surface area contributed by atoms with Crippen molar-refractivity contribution in [2.45, 2.75) is 0 Å². The summed E-state index contributed by atoms with van der Waals surface area (Å²) in [4.78, 5) is 31.7. The van der Waals surface area contributed by atoms with Gasteiger partial charge in [0.2, 0.25) is 0 Å². The molecule has 2 aromatic carbocycles. The van der Waals surface area contributed by atoms with Crippen LogP contribution in [0.3, 0.4) is 0 Å². The third-order valence-electron chi connectivity index (χ3n) is 2.56. The Bertz CT molecular complexity index is 666. The van der Waals surface area contributed by atoms with E-state index in [1.807, 2.05) is 0 Å². The molecule has 9 heteroatoms. The maximum Gasteiger partial charge on any atom is 0.335 e. The summed E-state index contributed by atoms with van der Waals surface area (Å²) in [7, 11) is 0. The number of hydrogen-bond donors (Lipinski definition) is 6. The Labute approximate surface area is 134 Å². The van der Waals surface area contributed by atoms with Crippen molar-refractivity contribution in [2.75, 3.05) is 0 Å². The standard InChI is InChI=1S/C9H6O6.C6H6O3/c10-7(11)4-1-5(8(12)13)3-6(2-4)9(14)15;7-4-1-5(8)3-6(9)2-4/h1-3H,(H,10,11)(H,12,13)(H,14,15);1-3,7-9H. The van der Waals surface area contributed by atoms with Crippen LogP contribution >= 0.6 is 0 Å². The fourth-order valence-electron chi connectivity index (χ4n) is 1.58. The van der Waals surface area contributed by atoms with Crippen LogP contribution in [0.2, 0.25) is 0 Å². The predicted octanol–water partition coefficient (Wildman–Crippen LogP) is 1.58. The van der Waals surface area contributed by atoms with Gasteiger partial charge in [-0.3, -0.25) is 0 Å². The molecule has 0 amide bonds. The topological polar surface area (TPSA) is 173 Å². The van der Waals surface area contributed by atoms with Crippen molar-refractivity contribution in [3.05, 3.63) is 53.1 Å². The molecule has 0 saturated heterocycles. The Morgan fingerprint density at radius 2 is 0.708 bits per heavy atom. The van der Waals surface area contributed by atoms with Crippen molar-refractivity contribution in [2.24, 2.45) is 0 Å². The van der Waals surface area contributed by atoms with Gasteiger partial charge < -0.3 is 30.6 Å². The second-order valence-electron chi connectivity index (χ2n) is 4.42. The molecule has 126 valence electrons. The summed E-state index contributed by atoms with van der Waals surface area (Å²) >= 11 is 0. The molecule has 0 spiro atoms. The third-order valence-corrected chi connectivity index (χ3v) is 2.56. The number of hydrogen-bond acceptors (Lipinski definition) is 6.